The van der Waals surface area contributed by atoms with Gasteiger partial charge in [0.15, 0.2) is 0 Å². The number of nitrogens with zero attached hydrogens (tertiary/aromatic N) is 1. The van der Waals surface area contributed by atoms with E-state index in [0.717, 1.165) is 29.1 Å². The van der Waals surface area contributed by atoms with Gasteiger partial charge in [0.1, 0.15) is 11.9 Å². The van der Waals surface area contributed by atoms with Gasteiger partial charge >= 0.3 is 0 Å². The average Bonchev–Trinajstić information content (AvgIpc) is 3.20. The van der Waals surface area contributed by atoms with Crippen LogP contribution in [0.2, 0.25) is 0 Å². The minimum absolute atomic E-state index is 0.0579. The zero-order valence-electron chi connectivity index (χ0n) is 15.8. The molecule has 2 aliphatic rings. The highest BCUT2D eigenvalue weighted by molar-refractivity contribution is 6.04. The lowest BCUT2D eigenvalue weighted by Crippen LogP contribution is -2.22. The van der Waals surface area contributed by atoms with Crippen molar-refractivity contribution in [2.24, 2.45) is 5.10 Å². The molecule has 0 amide bonds. The van der Waals surface area contributed by atoms with E-state index in [-0.39, 0.29) is 6.10 Å². The molecule has 3 aromatic carbocycles. The summed E-state index contributed by atoms with van der Waals surface area (Å²) >= 11 is 0. The molecule has 0 saturated heterocycles. The minimum atomic E-state index is -0.0579. The van der Waals surface area contributed by atoms with Gasteiger partial charge in [0.05, 0.1) is 24.6 Å². The number of benzene rings is 3. The highest BCUT2D eigenvalue weighted by atomic mass is 16.5. The molecule has 0 fully saturated rings. The summed E-state index contributed by atoms with van der Waals surface area (Å²) in [4.78, 5) is 0. The molecular formula is C24H22N2O2. The van der Waals surface area contributed by atoms with Crippen LogP contribution >= 0.6 is 0 Å². The first-order chi connectivity index (χ1) is 13.8. The molecule has 28 heavy (non-hydrogen) atoms. The third kappa shape index (κ3) is 3.27. The Hall–Kier alpha value is -3.11. The lowest BCUT2D eigenvalue weighted by molar-refractivity contribution is 0.134. The molecule has 0 aliphatic carbocycles. The van der Waals surface area contributed by atoms with Gasteiger partial charge in [0.2, 0.25) is 0 Å². The van der Waals surface area contributed by atoms with Crippen LogP contribution in [-0.2, 0) is 18.0 Å². The smallest absolute Gasteiger partial charge is 0.129 e. The zero-order chi connectivity index (χ0) is 18.9. The Morgan fingerprint density at radius 1 is 0.929 bits per heavy atom. The molecular weight excluding hydrogens is 348 g/mol. The second-order valence-corrected chi connectivity index (χ2v) is 7.37. The Balaban J connectivity index is 1.49. The van der Waals surface area contributed by atoms with Crippen LogP contribution in [0.3, 0.4) is 0 Å². The first-order valence-electron chi connectivity index (χ1n) is 9.61. The van der Waals surface area contributed by atoms with E-state index in [1.54, 1.807) is 0 Å². The first kappa shape index (κ1) is 17.0. The van der Waals surface area contributed by atoms with Crippen molar-refractivity contribution in [3.05, 3.63) is 94.5 Å². The molecule has 1 unspecified atom stereocenters. The van der Waals surface area contributed by atoms with Crippen molar-refractivity contribution in [1.29, 1.82) is 0 Å². The van der Waals surface area contributed by atoms with Crippen LogP contribution in [0, 0.1) is 6.92 Å². The van der Waals surface area contributed by atoms with Gasteiger partial charge in [-0.15, -0.1) is 0 Å². The van der Waals surface area contributed by atoms with Crippen molar-refractivity contribution >= 4 is 11.4 Å². The van der Waals surface area contributed by atoms with Gasteiger partial charge in [-0.1, -0.05) is 42.0 Å². The molecule has 4 heteroatoms. The Morgan fingerprint density at radius 3 is 2.68 bits per heavy atom. The maximum Gasteiger partial charge on any atom is 0.129 e. The monoisotopic (exact) mass is 370 g/mol. The number of hydrogen-bond donors (Lipinski definition) is 1. The van der Waals surface area contributed by atoms with E-state index in [1.807, 2.05) is 36.4 Å². The molecule has 2 heterocycles. The summed E-state index contributed by atoms with van der Waals surface area (Å²) in [6.45, 7) is 3.48. The standard InChI is InChI=1S/C24H22N2O2/c1-16-7-10-23-21(11-16)22(26-25-20-5-3-2-4-6-20)13-24(28-23)17-8-9-18-14-27-15-19(18)12-17/h2-12,24-25H,13-15H2,1H3/b26-22+. The zero-order valence-corrected chi connectivity index (χ0v) is 15.8. The van der Waals surface area contributed by atoms with Crippen molar-refractivity contribution in [2.75, 3.05) is 5.43 Å². The summed E-state index contributed by atoms with van der Waals surface area (Å²) in [6, 6.07) is 22.8. The molecule has 1 N–H and O–H groups in total. The molecule has 1 atom stereocenters. The summed E-state index contributed by atoms with van der Waals surface area (Å²) in [7, 11) is 0. The third-order valence-corrected chi connectivity index (χ3v) is 5.30. The molecule has 0 bridgehead atoms. The highest BCUT2D eigenvalue weighted by Gasteiger charge is 2.27. The molecule has 0 spiro atoms. The SMILES string of the molecule is Cc1ccc2c(c1)/C(=N/Nc1ccccc1)CC(c1ccc3c(c1)COC3)O2. The summed E-state index contributed by atoms with van der Waals surface area (Å²) < 4.78 is 11.9. The summed E-state index contributed by atoms with van der Waals surface area (Å²) in [5.74, 6) is 0.882. The molecule has 0 radical (unpaired) electrons. The van der Waals surface area contributed by atoms with Crippen LogP contribution in [0.5, 0.6) is 5.75 Å². The Morgan fingerprint density at radius 2 is 1.79 bits per heavy atom. The van der Waals surface area contributed by atoms with E-state index in [4.69, 9.17) is 14.6 Å². The number of fused-ring (bicyclic) bond motifs is 2. The van der Waals surface area contributed by atoms with E-state index < -0.39 is 0 Å². The average molecular weight is 370 g/mol. The largest absolute Gasteiger partial charge is 0.485 e. The van der Waals surface area contributed by atoms with Crippen LogP contribution in [0.15, 0.2) is 71.8 Å². The minimum Gasteiger partial charge on any atom is -0.485 e. The van der Waals surface area contributed by atoms with Crippen molar-refractivity contribution in [3.63, 3.8) is 0 Å². The van der Waals surface area contributed by atoms with Gasteiger partial charge in [-0.2, -0.15) is 5.10 Å². The van der Waals surface area contributed by atoms with Crippen molar-refractivity contribution in [1.82, 2.24) is 0 Å². The number of anilines is 1. The predicted octanol–water partition coefficient (Wildman–Crippen LogP) is 5.37. The number of nitrogens with one attached hydrogen (secondary N) is 1. The van der Waals surface area contributed by atoms with Crippen LogP contribution < -0.4 is 10.2 Å². The van der Waals surface area contributed by atoms with Gasteiger partial charge in [0.25, 0.3) is 0 Å². The Labute approximate surface area is 164 Å². The topological polar surface area (TPSA) is 42.9 Å². The van der Waals surface area contributed by atoms with Crippen molar-refractivity contribution in [2.45, 2.75) is 32.7 Å². The lowest BCUT2D eigenvalue weighted by Gasteiger charge is -2.28. The molecule has 4 nitrogen and oxygen atoms in total. The Bertz CT molecular complexity index is 1040. The number of para-hydroxylation sites is 1. The molecule has 0 saturated carbocycles. The van der Waals surface area contributed by atoms with Crippen molar-refractivity contribution < 1.29 is 9.47 Å². The fraction of sp³-hybridized carbons (Fsp3) is 0.208. The van der Waals surface area contributed by atoms with Crippen LogP contribution in [-0.4, -0.2) is 5.71 Å². The molecule has 140 valence electrons. The quantitative estimate of drug-likeness (QED) is 0.631. The predicted molar refractivity (Wildman–Crippen MR) is 111 cm³/mol. The van der Waals surface area contributed by atoms with Gasteiger partial charge in [-0.05, 0) is 53.9 Å². The molecule has 0 aromatic heterocycles. The summed E-state index contributed by atoms with van der Waals surface area (Å²) in [6.07, 6.45) is 0.660. The van der Waals surface area contributed by atoms with E-state index in [9.17, 15) is 0 Å². The fourth-order valence-electron chi connectivity index (χ4n) is 3.78. The summed E-state index contributed by atoms with van der Waals surface area (Å²) in [5, 5.41) is 4.75. The van der Waals surface area contributed by atoms with Crippen LogP contribution in [0.1, 0.15) is 40.3 Å². The van der Waals surface area contributed by atoms with Gasteiger partial charge < -0.3 is 9.47 Å². The Kier molecular flexibility index (Phi) is 4.34. The molecule has 3 aromatic rings. The number of hydrazone groups is 1. The maximum absolute atomic E-state index is 6.37. The first-order valence-corrected chi connectivity index (χ1v) is 9.61. The molecule has 5 rings (SSSR count). The number of hydrogen-bond acceptors (Lipinski definition) is 4. The van der Waals surface area contributed by atoms with E-state index in [1.165, 1.54) is 22.3 Å². The fourth-order valence-corrected chi connectivity index (χ4v) is 3.78. The second kappa shape index (κ2) is 7.13. The summed E-state index contributed by atoms with van der Waals surface area (Å²) in [5.41, 5.74) is 11.1. The second-order valence-electron chi connectivity index (χ2n) is 7.37. The highest BCUT2D eigenvalue weighted by Crippen LogP contribution is 2.37. The number of ether oxygens (including phenoxy) is 2. The van der Waals surface area contributed by atoms with Crippen LogP contribution in [0.25, 0.3) is 0 Å². The maximum atomic E-state index is 6.37. The van der Waals surface area contributed by atoms with E-state index in [2.05, 4.69) is 42.7 Å². The van der Waals surface area contributed by atoms with Gasteiger partial charge in [-0.3, -0.25) is 5.43 Å². The molecule has 2 aliphatic heterocycles. The normalized spacial score (nSPS) is 19.0. The van der Waals surface area contributed by atoms with Gasteiger partial charge in [0, 0.05) is 12.0 Å². The van der Waals surface area contributed by atoms with Crippen LogP contribution in [0.4, 0.5) is 5.69 Å². The number of rotatable bonds is 3. The van der Waals surface area contributed by atoms with E-state index >= 15 is 0 Å². The number of aryl methyl sites for hydroxylation is 1. The third-order valence-electron chi connectivity index (χ3n) is 5.30. The van der Waals surface area contributed by atoms with Crippen molar-refractivity contribution in [3.8, 4) is 5.75 Å². The lowest BCUT2D eigenvalue weighted by atomic mass is 9.93. The van der Waals surface area contributed by atoms with E-state index in [0.29, 0.717) is 13.2 Å². The van der Waals surface area contributed by atoms with Gasteiger partial charge in [-0.25, -0.2) is 0 Å².